The predicted octanol–water partition coefficient (Wildman–Crippen LogP) is 1.92. The second-order valence-electron chi connectivity index (χ2n) is 4.21. The Morgan fingerprint density at radius 2 is 1.89 bits per heavy atom. The lowest BCUT2D eigenvalue weighted by molar-refractivity contribution is 0.396. The molecule has 0 amide bonds. The van der Waals surface area contributed by atoms with Gasteiger partial charge in [0, 0.05) is 18.0 Å². The fourth-order valence-electron chi connectivity index (χ4n) is 1.95. The average Bonchev–Trinajstić information content (AvgIpc) is 2.36. The van der Waals surface area contributed by atoms with Crippen LogP contribution in [0.2, 0.25) is 0 Å². The Morgan fingerprint density at radius 3 is 2.56 bits per heavy atom. The van der Waals surface area contributed by atoms with Crippen LogP contribution in [0, 0.1) is 0 Å². The summed E-state index contributed by atoms with van der Waals surface area (Å²) in [6.07, 6.45) is 1.67. The maximum absolute atomic E-state index is 11.9. The molecule has 2 rings (SSSR count). The quantitative estimate of drug-likeness (QED) is 0.776. The molecule has 0 fully saturated rings. The van der Waals surface area contributed by atoms with Crippen molar-refractivity contribution >= 4 is 10.9 Å². The standard InChI is InChI=1S/C13H15NO4/c1-2-3-6-14-10-7-8(15)4-5-9(10)11(16)12(17)13(14)18/h4-5,7,15-17H,2-3,6H2,1H3. The highest BCUT2D eigenvalue weighted by molar-refractivity contribution is 5.88. The lowest BCUT2D eigenvalue weighted by Gasteiger charge is -2.12. The Kier molecular flexibility index (Phi) is 3.14. The molecule has 3 N–H and O–H groups in total. The number of hydrogen-bond acceptors (Lipinski definition) is 4. The van der Waals surface area contributed by atoms with Crippen molar-refractivity contribution in [3.05, 3.63) is 28.6 Å². The van der Waals surface area contributed by atoms with Crippen LogP contribution in [0.5, 0.6) is 17.2 Å². The first-order chi connectivity index (χ1) is 8.56. The van der Waals surface area contributed by atoms with E-state index in [0.717, 1.165) is 12.8 Å². The molecule has 1 heterocycles. The molecule has 0 unspecified atom stereocenters. The minimum absolute atomic E-state index is 0.0113. The third-order valence-electron chi connectivity index (χ3n) is 2.93. The van der Waals surface area contributed by atoms with Gasteiger partial charge in [0.25, 0.3) is 5.56 Å². The topological polar surface area (TPSA) is 82.7 Å². The molecule has 18 heavy (non-hydrogen) atoms. The molecule has 0 atom stereocenters. The highest BCUT2D eigenvalue weighted by Gasteiger charge is 2.15. The van der Waals surface area contributed by atoms with E-state index in [9.17, 15) is 20.1 Å². The van der Waals surface area contributed by atoms with Gasteiger partial charge in [-0.25, -0.2) is 0 Å². The number of aromatic hydroxyl groups is 3. The van der Waals surface area contributed by atoms with Crippen molar-refractivity contribution in [1.82, 2.24) is 4.57 Å². The number of phenolic OH excluding ortho intramolecular Hbond substituents is 1. The summed E-state index contributed by atoms with van der Waals surface area (Å²) in [6.45, 7) is 2.42. The summed E-state index contributed by atoms with van der Waals surface area (Å²) in [4.78, 5) is 11.9. The molecular formula is C13H15NO4. The van der Waals surface area contributed by atoms with Gasteiger partial charge in [0.05, 0.1) is 5.52 Å². The van der Waals surface area contributed by atoms with Gasteiger partial charge in [-0.15, -0.1) is 0 Å². The molecule has 1 aromatic carbocycles. The summed E-state index contributed by atoms with van der Waals surface area (Å²) in [7, 11) is 0. The van der Waals surface area contributed by atoms with E-state index in [2.05, 4.69) is 0 Å². The van der Waals surface area contributed by atoms with Gasteiger partial charge < -0.3 is 19.9 Å². The average molecular weight is 249 g/mol. The van der Waals surface area contributed by atoms with Gasteiger partial charge in [-0.1, -0.05) is 13.3 Å². The first kappa shape index (κ1) is 12.3. The van der Waals surface area contributed by atoms with Crippen LogP contribution in [-0.2, 0) is 6.54 Å². The normalized spacial score (nSPS) is 10.9. The van der Waals surface area contributed by atoms with Gasteiger partial charge in [0.15, 0.2) is 5.75 Å². The van der Waals surface area contributed by atoms with Crippen LogP contribution >= 0.6 is 0 Å². The van der Waals surface area contributed by atoms with E-state index < -0.39 is 17.1 Å². The van der Waals surface area contributed by atoms with Crippen LogP contribution in [0.15, 0.2) is 23.0 Å². The molecule has 5 heteroatoms. The number of rotatable bonds is 3. The zero-order chi connectivity index (χ0) is 13.3. The van der Waals surface area contributed by atoms with Crippen molar-refractivity contribution in [2.75, 3.05) is 0 Å². The van der Waals surface area contributed by atoms with Gasteiger partial charge in [-0.2, -0.15) is 0 Å². The van der Waals surface area contributed by atoms with E-state index >= 15 is 0 Å². The smallest absolute Gasteiger partial charge is 0.297 e. The lowest BCUT2D eigenvalue weighted by Crippen LogP contribution is -2.20. The Bertz CT molecular complexity index is 645. The lowest BCUT2D eigenvalue weighted by atomic mass is 10.1. The second kappa shape index (κ2) is 4.60. The van der Waals surface area contributed by atoms with Crippen LogP contribution in [0.4, 0.5) is 0 Å². The fourth-order valence-corrected chi connectivity index (χ4v) is 1.95. The Balaban J connectivity index is 2.80. The van der Waals surface area contributed by atoms with Crippen LogP contribution in [-0.4, -0.2) is 19.9 Å². The van der Waals surface area contributed by atoms with Gasteiger partial charge in [-0.3, -0.25) is 4.79 Å². The highest BCUT2D eigenvalue weighted by Crippen LogP contribution is 2.32. The number of benzene rings is 1. The molecule has 2 aromatic rings. The van der Waals surface area contributed by atoms with Gasteiger partial charge >= 0.3 is 0 Å². The number of hydrogen-bond donors (Lipinski definition) is 3. The van der Waals surface area contributed by atoms with Crippen molar-refractivity contribution < 1.29 is 15.3 Å². The number of nitrogens with zero attached hydrogens (tertiary/aromatic N) is 1. The largest absolute Gasteiger partial charge is 0.508 e. The Morgan fingerprint density at radius 1 is 1.17 bits per heavy atom. The van der Waals surface area contributed by atoms with Gasteiger partial charge in [0.1, 0.15) is 5.75 Å². The maximum Gasteiger partial charge on any atom is 0.297 e. The van der Waals surface area contributed by atoms with E-state index in [1.165, 1.54) is 22.8 Å². The van der Waals surface area contributed by atoms with Crippen molar-refractivity contribution in [2.24, 2.45) is 0 Å². The first-order valence-corrected chi connectivity index (χ1v) is 5.83. The third kappa shape index (κ3) is 1.88. The minimum Gasteiger partial charge on any atom is -0.508 e. The van der Waals surface area contributed by atoms with Gasteiger partial charge in [0.2, 0.25) is 5.75 Å². The zero-order valence-corrected chi connectivity index (χ0v) is 10.1. The number of unbranched alkanes of at least 4 members (excludes halogenated alkanes) is 1. The number of aryl methyl sites for hydroxylation is 1. The van der Waals surface area contributed by atoms with Crippen LogP contribution in [0.3, 0.4) is 0 Å². The fraction of sp³-hybridized carbons (Fsp3) is 0.308. The summed E-state index contributed by atoms with van der Waals surface area (Å²) in [5, 5.41) is 29.2. The van der Waals surface area contributed by atoms with Crippen molar-refractivity contribution in [3.63, 3.8) is 0 Å². The molecule has 0 spiro atoms. The van der Waals surface area contributed by atoms with Crippen LogP contribution in [0.1, 0.15) is 19.8 Å². The molecule has 5 nitrogen and oxygen atoms in total. The highest BCUT2D eigenvalue weighted by atomic mass is 16.3. The molecule has 0 saturated carbocycles. The summed E-state index contributed by atoms with van der Waals surface area (Å²) >= 11 is 0. The number of pyridine rings is 1. The Hall–Kier alpha value is -2.17. The predicted molar refractivity (Wildman–Crippen MR) is 68.1 cm³/mol. The van der Waals surface area contributed by atoms with E-state index in [1.807, 2.05) is 6.92 Å². The second-order valence-corrected chi connectivity index (χ2v) is 4.21. The summed E-state index contributed by atoms with van der Waals surface area (Å²) in [5.41, 5.74) is -0.220. The molecule has 0 radical (unpaired) electrons. The Labute approximate surface area is 104 Å². The summed E-state index contributed by atoms with van der Waals surface area (Å²) in [6, 6.07) is 4.28. The van der Waals surface area contributed by atoms with Crippen LogP contribution < -0.4 is 5.56 Å². The molecule has 0 aliphatic heterocycles. The zero-order valence-electron chi connectivity index (χ0n) is 10.1. The number of fused-ring (bicyclic) bond motifs is 1. The van der Waals surface area contributed by atoms with Gasteiger partial charge in [-0.05, 0) is 18.6 Å². The molecule has 0 bridgehead atoms. The monoisotopic (exact) mass is 249 g/mol. The minimum atomic E-state index is -0.649. The number of phenols is 1. The molecule has 96 valence electrons. The van der Waals surface area contributed by atoms with E-state index in [0.29, 0.717) is 17.4 Å². The van der Waals surface area contributed by atoms with E-state index in [1.54, 1.807) is 0 Å². The van der Waals surface area contributed by atoms with Crippen molar-refractivity contribution in [1.29, 1.82) is 0 Å². The van der Waals surface area contributed by atoms with E-state index in [-0.39, 0.29) is 5.75 Å². The molecule has 0 saturated heterocycles. The molecule has 0 aliphatic rings. The SMILES string of the molecule is CCCCn1c(=O)c(O)c(O)c2ccc(O)cc21. The van der Waals surface area contributed by atoms with Crippen LogP contribution in [0.25, 0.3) is 10.9 Å². The summed E-state index contributed by atoms with van der Waals surface area (Å²) in [5.74, 6) is -1.08. The van der Waals surface area contributed by atoms with E-state index in [4.69, 9.17) is 0 Å². The van der Waals surface area contributed by atoms with Crippen molar-refractivity contribution in [3.8, 4) is 17.2 Å². The maximum atomic E-state index is 11.9. The first-order valence-electron chi connectivity index (χ1n) is 5.83. The third-order valence-corrected chi connectivity index (χ3v) is 2.93. The summed E-state index contributed by atoms with van der Waals surface area (Å²) < 4.78 is 1.37. The molecule has 0 aliphatic carbocycles. The van der Waals surface area contributed by atoms with Crippen molar-refractivity contribution in [2.45, 2.75) is 26.3 Å². The number of aromatic nitrogens is 1. The molecule has 1 aromatic heterocycles. The molecular weight excluding hydrogens is 234 g/mol.